The van der Waals surface area contributed by atoms with Crippen LogP contribution in [0.4, 0.5) is 5.82 Å². The van der Waals surface area contributed by atoms with Crippen LogP contribution in [0.3, 0.4) is 0 Å². The van der Waals surface area contributed by atoms with Crippen LogP contribution >= 0.6 is 0 Å². The molecule has 158 valence electrons. The molecule has 0 saturated heterocycles. The van der Waals surface area contributed by atoms with E-state index in [4.69, 9.17) is 4.74 Å². The molecule has 2 aromatic carbocycles. The van der Waals surface area contributed by atoms with Gasteiger partial charge in [0.05, 0.1) is 5.56 Å². The number of ketones is 1. The third-order valence-electron chi connectivity index (χ3n) is 6.05. The van der Waals surface area contributed by atoms with Crippen molar-refractivity contribution >= 4 is 11.6 Å². The predicted molar refractivity (Wildman–Crippen MR) is 119 cm³/mol. The lowest BCUT2D eigenvalue weighted by molar-refractivity contribution is -0.118. The fraction of sp³-hybridized carbons (Fsp3) is 0.280. The number of hydrogen-bond donors (Lipinski definition) is 3. The van der Waals surface area contributed by atoms with E-state index < -0.39 is 5.92 Å². The number of H-pyrrole nitrogens is 2. The van der Waals surface area contributed by atoms with E-state index >= 15 is 0 Å². The topological polar surface area (TPSA) is 87.0 Å². The number of rotatable bonds is 4. The second-order valence-corrected chi connectivity index (χ2v) is 9.10. The maximum atomic E-state index is 13.2. The van der Waals surface area contributed by atoms with E-state index in [2.05, 4.69) is 29.4 Å². The van der Waals surface area contributed by atoms with Gasteiger partial charge in [-0.3, -0.25) is 19.8 Å². The smallest absolute Gasteiger partial charge is 0.270 e. The van der Waals surface area contributed by atoms with Gasteiger partial charge in [0.2, 0.25) is 0 Å². The van der Waals surface area contributed by atoms with Crippen LogP contribution in [0.25, 0.3) is 0 Å². The molecule has 0 fully saturated rings. The minimum absolute atomic E-state index is 0.0967. The normalized spacial score (nSPS) is 19.4. The Hall–Kier alpha value is -3.54. The van der Waals surface area contributed by atoms with E-state index in [1.807, 2.05) is 54.6 Å². The number of allylic oxidation sites excluding steroid dienone is 2. The zero-order valence-electron chi connectivity index (χ0n) is 17.6. The Balaban J connectivity index is 1.49. The van der Waals surface area contributed by atoms with E-state index in [1.165, 1.54) is 0 Å². The van der Waals surface area contributed by atoms with Crippen molar-refractivity contribution in [2.45, 2.75) is 39.2 Å². The van der Waals surface area contributed by atoms with Gasteiger partial charge in [-0.1, -0.05) is 56.3 Å². The quantitative estimate of drug-likeness (QED) is 0.586. The van der Waals surface area contributed by atoms with Crippen molar-refractivity contribution in [2.24, 2.45) is 5.41 Å². The highest BCUT2D eigenvalue weighted by Gasteiger charge is 2.42. The number of carbonyl (C=O) groups excluding carboxylic acids is 1. The van der Waals surface area contributed by atoms with Crippen LogP contribution in [0.2, 0.25) is 0 Å². The van der Waals surface area contributed by atoms with Gasteiger partial charge in [-0.05, 0) is 35.1 Å². The second kappa shape index (κ2) is 7.30. The van der Waals surface area contributed by atoms with E-state index in [0.717, 1.165) is 29.0 Å². The number of benzene rings is 2. The molecular formula is C25H25N3O3. The van der Waals surface area contributed by atoms with E-state index in [1.54, 1.807) is 0 Å². The minimum Gasteiger partial charge on any atom is -0.489 e. The first-order valence-corrected chi connectivity index (χ1v) is 10.5. The molecule has 1 aliphatic heterocycles. The molecule has 0 saturated carbocycles. The highest BCUT2D eigenvalue weighted by molar-refractivity contribution is 6.01. The lowest BCUT2D eigenvalue weighted by Gasteiger charge is -2.37. The Morgan fingerprint density at radius 2 is 1.71 bits per heavy atom. The molecular weight excluding hydrogens is 390 g/mol. The summed E-state index contributed by atoms with van der Waals surface area (Å²) in [6.45, 7) is 4.68. The number of fused-ring (bicyclic) bond motifs is 1. The van der Waals surface area contributed by atoms with Crippen LogP contribution in [0.15, 0.2) is 70.7 Å². The average molecular weight is 415 g/mol. The molecule has 6 heteroatoms. The Labute approximate surface area is 180 Å². The molecule has 1 atom stereocenters. The maximum Gasteiger partial charge on any atom is 0.270 e. The molecule has 3 N–H and O–H groups in total. The Morgan fingerprint density at radius 3 is 2.45 bits per heavy atom. The standard InChI is InChI=1S/C25H25N3O3/c1-25(2)12-18-21(19(29)13-25)20(22-23(26-18)27-28-24(22)30)16-8-10-17(11-9-16)31-14-15-6-4-3-5-7-15/h3-11,20H,12-14H2,1-2H3,(H3,26,27,28,30)/t20-/m0/s1. The van der Waals surface area contributed by atoms with Crippen molar-refractivity contribution in [2.75, 3.05) is 5.32 Å². The molecule has 0 spiro atoms. The predicted octanol–water partition coefficient (Wildman–Crippen LogP) is 4.48. The van der Waals surface area contributed by atoms with Crippen molar-refractivity contribution in [1.29, 1.82) is 0 Å². The molecule has 2 aliphatic rings. The zero-order chi connectivity index (χ0) is 21.6. The van der Waals surface area contributed by atoms with E-state index in [9.17, 15) is 9.59 Å². The monoisotopic (exact) mass is 415 g/mol. The molecule has 3 aromatic rings. The SMILES string of the molecule is CC1(C)CC(=O)C2=C(C1)Nc1[nH][nH]c(=O)c1[C@H]2c1ccc(OCc2ccccc2)cc1. The summed E-state index contributed by atoms with van der Waals surface area (Å²) in [5.41, 5.74) is 3.84. The molecule has 0 radical (unpaired) electrons. The summed E-state index contributed by atoms with van der Waals surface area (Å²) in [5, 5.41) is 8.90. The van der Waals surface area contributed by atoms with Crippen LogP contribution in [0, 0.1) is 5.41 Å². The summed E-state index contributed by atoms with van der Waals surface area (Å²) in [6, 6.07) is 17.7. The van der Waals surface area contributed by atoms with E-state index in [0.29, 0.717) is 30.0 Å². The van der Waals surface area contributed by atoms with Crippen LogP contribution in [0.5, 0.6) is 5.75 Å². The molecule has 5 rings (SSSR count). The summed E-state index contributed by atoms with van der Waals surface area (Å²) >= 11 is 0. The number of Topliss-reactive ketones (excluding diaryl/α,β-unsaturated/α-hetero) is 1. The molecule has 6 nitrogen and oxygen atoms in total. The van der Waals surface area contributed by atoms with Gasteiger partial charge in [-0.25, -0.2) is 0 Å². The number of nitrogens with one attached hydrogen (secondary N) is 3. The Bertz CT molecular complexity index is 1220. The molecule has 31 heavy (non-hydrogen) atoms. The van der Waals surface area contributed by atoms with Gasteiger partial charge in [0, 0.05) is 23.6 Å². The fourth-order valence-electron chi connectivity index (χ4n) is 4.65. The number of hydrogen-bond acceptors (Lipinski definition) is 4. The van der Waals surface area contributed by atoms with Crippen molar-refractivity contribution in [3.05, 3.63) is 92.9 Å². The summed E-state index contributed by atoms with van der Waals surface area (Å²) in [7, 11) is 0. The first-order chi connectivity index (χ1) is 14.9. The first kappa shape index (κ1) is 19.4. The van der Waals surface area contributed by atoms with Crippen LogP contribution < -0.4 is 15.6 Å². The van der Waals surface area contributed by atoms with Gasteiger partial charge in [0.1, 0.15) is 18.2 Å². The van der Waals surface area contributed by atoms with Crippen molar-refractivity contribution in [3.63, 3.8) is 0 Å². The van der Waals surface area contributed by atoms with Crippen LogP contribution in [0.1, 0.15) is 49.3 Å². The van der Waals surface area contributed by atoms with Gasteiger partial charge in [-0.2, -0.15) is 0 Å². The minimum atomic E-state index is -0.395. The van der Waals surface area contributed by atoms with Crippen molar-refractivity contribution in [3.8, 4) is 5.75 Å². The zero-order valence-corrected chi connectivity index (χ0v) is 17.6. The van der Waals surface area contributed by atoms with Gasteiger partial charge >= 0.3 is 0 Å². The third-order valence-corrected chi connectivity index (χ3v) is 6.05. The number of aromatic amines is 2. The molecule has 2 heterocycles. The lowest BCUT2D eigenvalue weighted by Crippen LogP contribution is -2.34. The molecule has 0 bridgehead atoms. The highest BCUT2D eigenvalue weighted by Crippen LogP contribution is 2.47. The van der Waals surface area contributed by atoms with Gasteiger partial charge < -0.3 is 10.1 Å². The first-order valence-electron chi connectivity index (χ1n) is 10.5. The van der Waals surface area contributed by atoms with Crippen molar-refractivity contribution in [1.82, 2.24) is 10.2 Å². The largest absolute Gasteiger partial charge is 0.489 e. The number of aromatic nitrogens is 2. The molecule has 1 aromatic heterocycles. The summed E-state index contributed by atoms with van der Waals surface area (Å²) in [4.78, 5) is 25.7. The van der Waals surface area contributed by atoms with Gasteiger partial charge in [0.15, 0.2) is 5.78 Å². The summed E-state index contributed by atoms with van der Waals surface area (Å²) in [6.07, 6.45) is 1.23. The third kappa shape index (κ3) is 3.58. The Morgan fingerprint density at radius 1 is 0.968 bits per heavy atom. The highest BCUT2D eigenvalue weighted by atomic mass is 16.5. The lowest BCUT2D eigenvalue weighted by atomic mass is 9.69. The second-order valence-electron chi connectivity index (χ2n) is 9.10. The summed E-state index contributed by atoms with van der Waals surface area (Å²) < 4.78 is 5.90. The number of anilines is 1. The average Bonchev–Trinajstić information content (AvgIpc) is 3.11. The number of carbonyl (C=O) groups is 1. The fourth-order valence-corrected chi connectivity index (χ4v) is 4.65. The van der Waals surface area contributed by atoms with Crippen molar-refractivity contribution < 1.29 is 9.53 Å². The van der Waals surface area contributed by atoms with Gasteiger partial charge in [-0.15, -0.1) is 0 Å². The molecule has 1 aliphatic carbocycles. The maximum absolute atomic E-state index is 13.2. The Kier molecular flexibility index (Phi) is 4.58. The number of ether oxygens (including phenoxy) is 1. The van der Waals surface area contributed by atoms with Crippen LogP contribution in [-0.2, 0) is 11.4 Å². The van der Waals surface area contributed by atoms with Gasteiger partial charge in [0.25, 0.3) is 5.56 Å². The van der Waals surface area contributed by atoms with E-state index in [-0.39, 0.29) is 16.8 Å². The molecule has 0 amide bonds. The summed E-state index contributed by atoms with van der Waals surface area (Å²) in [5.74, 6) is 1.09. The van der Waals surface area contributed by atoms with Crippen LogP contribution in [-0.4, -0.2) is 16.0 Å². The molecule has 0 unspecified atom stereocenters.